The average molecular weight is 304 g/mol. The van der Waals surface area contributed by atoms with E-state index < -0.39 is 5.97 Å². The molecule has 5 heteroatoms. The number of carbonyl (C=O) groups excluding carboxylic acids is 1. The van der Waals surface area contributed by atoms with Crippen LogP contribution in [0.1, 0.15) is 26.3 Å². The van der Waals surface area contributed by atoms with Gasteiger partial charge in [0.05, 0.1) is 5.56 Å². The van der Waals surface area contributed by atoms with Crippen molar-refractivity contribution >= 4 is 29.2 Å². The first-order chi connectivity index (χ1) is 9.90. The first kappa shape index (κ1) is 15.1. The Kier molecular flexibility index (Phi) is 4.29. The summed E-state index contributed by atoms with van der Waals surface area (Å²) in [4.78, 5) is 24.8. The van der Waals surface area contributed by atoms with Crippen LogP contribution in [-0.2, 0) is 0 Å². The Morgan fingerprint density at radius 1 is 1.10 bits per heavy atom. The van der Waals surface area contributed by atoms with Gasteiger partial charge in [0, 0.05) is 23.3 Å². The standard InChI is InChI=1S/C16H14ClNO3/c1-10-9-12(17)5-8-14(10)15(19)18(2)13-6-3-11(4-7-13)16(20)21/h3-9H,1-2H3,(H,20,21). The number of rotatable bonds is 3. The van der Waals surface area contributed by atoms with Crippen molar-refractivity contribution in [2.24, 2.45) is 0 Å². The van der Waals surface area contributed by atoms with Gasteiger partial charge in [-0.25, -0.2) is 4.79 Å². The van der Waals surface area contributed by atoms with E-state index in [0.29, 0.717) is 16.3 Å². The second kappa shape index (κ2) is 5.97. The summed E-state index contributed by atoms with van der Waals surface area (Å²) in [5.74, 6) is -1.17. The minimum Gasteiger partial charge on any atom is -0.478 e. The molecule has 1 N–H and O–H groups in total. The minimum absolute atomic E-state index is 0.174. The molecule has 0 aliphatic carbocycles. The van der Waals surface area contributed by atoms with Crippen LogP contribution in [0, 0.1) is 6.92 Å². The largest absolute Gasteiger partial charge is 0.478 e. The van der Waals surface area contributed by atoms with Crippen LogP contribution in [-0.4, -0.2) is 24.0 Å². The summed E-state index contributed by atoms with van der Waals surface area (Å²) in [6.45, 7) is 1.82. The Bertz CT molecular complexity index is 695. The smallest absolute Gasteiger partial charge is 0.335 e. The Morgan fingerprint density at radius 2 is 1.71 bits per heavy atom. The predicted octanol–water partition coefficient (Wildman–Crippen LogP) is 3.62. The lowest BCUT2D eigenvalue weighted by Crippen LogP contribution is -2.26. The van der Waals surface area contributed by atoms with Crippen LogP contribution in [0.2, 0.25) is 5.02 Å². The lowest BCUT2D eigenvalue weighted by molar-refractivity contribution is 0.0696. The number of amides is 1. The fourth-order valence-corrected chi connectivity index (χ4v) is 2.22. The van der Waals surface area contributed by atoms with Crippen molar-refractivity contribution in [3.63, 3.8) is 0 Å². The van der Waals surface area contributed by atoms with Gasteiger partial charge in [-0.15, -0.1) is 0 Å². The summed E-state index contributed by atoms with van der Waals surface area (Å²) in [5, 5.41) is 9.45. The first-order valence-electron chi connectivity index (χ1n) is 6.27. The molecule has 108 valence electrons. The van der Waals surface area contributed by atoms with Crippen molar-refractivity contribution in [2.45, 2.75) is 6.92 Å². The Hall–Kier alpha value is -2.33. The molecule has 2 aromatic carbocycles. The summed E-state index contributed by atoms with van der Waals surface area (Å²) in [6, 6.07) is 11.2. The number of hydrogen-bond acceptors (Lipinski definition) is 2. The van der Waals surface area contributed by atoms with Crippen LogP contribution in [0.5, 0.6) is 0 Å². The van der Waals surface area contributed by atoms with Gasteiger partial charge in [0.2, 0.25) is 0 Å². The molecule has 0 radical (unpaired) electrons. The van der Waals surface area contributed by atoms with Crippen LogP contribution >= 0.6 is 11.6 Å². The fourth-order valence-electron chi connectivity index (χ4n) is 1.99. The van der Waals surface area contributed by atoms with Crippen LogP contribution < -0.4 is 4.90 Å². The molecule has 2 rings (SSSR count). The molecule has 0 fully saturated rings. The Labute approximate surface area is 127 Å². The summed E-state index contributed by atoms with van der Waals surface area (Å²) >= 11 is 5.88. The van der Waals surface area contributed by atoms with Gasteiger partial charge in [0.25, 0.3) is 5.91 Å². The lowest BCUT2D eigenvalue weighted by Gasteiger charge is -2.18. The summed E-state index contributed by atoms with van der Waals surface area (Å²) < 4.78 is 0. The number of benzene rings is 2. The number of halogens is 1. The van der Waals surface area contributed by atoms with Crippen LogP contribution in [0.4, 0.5) is 5.69 Å². The number of nitrogens with zero attached hydrogens (tertiary/aromatic N) is 1. The molecule has 4 nitrogen and oxygen atoms in total. The van der Waals surface area contributed by atoms with E-state index in [9.17, 15) is 9.59 Å². The molecule has 0 saturated carbocycles. The lowest BCUT2D eigenvalue weighted by atomic mass is 10.1. The molecule has 0 aliphatic heterocycles. The van der Waals surface area contributed by atoms with E-state index in [2.05, 4.69) is 0 Å². The topological polar surface area (TPSA) is 57.6 Å². The van der Waals surface area contributed by atoms with Gasteiger partial charge in [-0.2, -0.15) is 0 Å². The van der Waals surface area contributed by atoms with Crippen molar-refractivity contribution in [3.05, 3.63) is 64.2 Å². The van der Waals surface area contributed by atoms with Crippen LogP contribution in [0.3, 0.4) is 0 Å². The quantitative estimate of drug-likeness (QED) is 0.942. The van der Waals surface area contributed by atoms with E-state index in [1.165, 1.54) is 17.0 Å². The van der Waals surface area contributed by atoms with Crippen LogP contribution in [0.15, 0.2) is 42.5 Å². The average Bonchev–Trinajstić information content (AvgIpc) is 2.46. The number of aryl methyl sites for hydroxylation is 1. The Balaban J connectivity index is 2.28. The second-order valence-corrected chi connectivity index (χ2v) is 5.11. The molecule has 0 bridgehead atoms. The highest BCUT2D eigenvalue weighted by molar-refractivity contribution is 6.30. The molecule has 0 atom stereocenters. The molecule has 21 heavy (non-hydrogen) atoms. The molecule has 2 aromatic rings. The zero-order valence-corrected chi connectivity index (χ0v) is 12.4. The normalized spacial score (nSPS) is 10.2. The molecular weight excluding hydrogens is 290 g/mol. The minimum atomic E-state index is -0.996. The van der Waals surface area contributed by atoms with Gasteiger partial charge in [0.15, 0.2) is 0 Å². The highest BCUT2D eigenvalue weighted by Gasteiger charge is 2.16. The van der Waals surface area contributed by atoms with Gasteiger partial charge in [-0.1, -0.05) is 11.6 Å². The van der Waals surface area contributed by atoms with E-state index in [-0.39, 0.29) is 11.5 Å². The van der Waals surface area contributed by atoms with Gasteiger partial charge in [-0.3, -0.25) is 4.79 Å². The summed E-state index contributed by atoms with van der Waals surface area (Å²) in [6.07, 6.45) is 0. The fraction of sp³-hybridized carbons (Fsp3) is 0.125. The summed E-state index contributed by atoms with van der Waals surface area (Å²) in [5.41, 5.74) is 2.16. The molecular formula is C16H14ClNO3. The molecule has 0 aliphatic rings. The maximum Gasteiger partial charge on any atom is 0.335 e. The number of carbonyl (C=O) groups is 2. The third kappa shape index (κ3) is 3.23. The maximum atomic E-state index is 12.5. The zero-order chi connectivity index (χ0) is 15.6. The van der Waals surface area contributed by atoms with Crippen molar-refractivity contribution in [3.8, 4) is 0 Å². The number of carboxylic acid groups (broad SMARTS) is 1. The molecule has 0 heterocycles. The third-order valence-corrected chi connectivity index (χ3v) is 3.46. The van der Waals surface area contributed by atoms with E-state index in [1.807, 2.05) is 6.92 Å². The van der Waals surface area contributed by atoms with Gasteiger partial charge < -0.3 is 10.0 Å². The van der Waals surface area contributed by atoms with Crippen molar-refractivity contribution in [1.82, 2.24) is 0 Å². The van der Waals surface area contributed by atoms with Crippen molar-refractivity contribution < 1.29 is 14.7 Å². The van der Waals surface area contributed by atoms with E-state index in [1.54, 1.807) is 37.4 Å². The van der Waals surface area contributed by atoms with Crippen LogP contribution in [0.25, 0.3) is 0 Å². The SMILES string of the molecule is Cc1cc(Cl)ccc1C(=O)N(C)c1ccc(C(=O)O)cc1. The van der Waals surface area contributed by atoms with Crippen molar-refractivity contribution in [1.29, 1.82) is 0 Å². The van der Waals surface area contributed by atoms with Gasteiger partial charge in [0.1, 0.15) is 0 Å². The Morgan fingerprint density at radius 3 is 2.24 bits per heavy atom. The number of aromatic carboxylic acids is 1. The van der Waals surface area contributed by atoms with E-state index >= 15 is 0 Å². The maximum absolute atomic E-state index is 12.5. The van der Waals surface area contributed by atoms with Crippen molar-refractivity contribution in [2.75, 3.05) is 11.9 Å². The van der Waals surface area contributed by atoms with E-state index in [0.717, 1.165) is 5.56 Å². The first-order valence-corrected chi connectivity index (χ1v) is 6.65. The number of hydrogen-bond donors (Lipinski definition) is 1. The van der Waals surface area contributed by atoms with Gasteiger partial charge >= 0.3 is 5.97 Å². The molecule has 0 saturated heterocycles. The number of carboxylic acids is 1. The number of anilines is 1. The van der Waals surface area contributed by atoms with Gasteiger partial charge in [-0.05, 0) is 55.0 Å². The second-order valence-electron chi connectivity index (χ2n) is 4.68. The van der Waals surface area contributed by atoms with E-state index in [4.69, 9.17) is 16.7 Å². The molecule has 0 unspecified atom stereocenters. The molecule has 1 amide bonds. The monoisotopic (exact) mass is 303 g/mol. The highest BCUT2D eigenvalue weighted by Crippen LogP contribution is 2.20. The summed E-state index contributed by atoms with van der Waals surface area (Å²) in [7, 11) is 1.64. The highest BCUT2D eigenvalue weighted by atomic mass is 35.5. The third-order valence-electron chi connectivity index (χ3n) is 3.23. The predicted molar refractivity (Wildman–Crippen MR) is 82.3 cm³/mol. The molecule has 0 aromatic heterocycles. The molecule has 0 spiro atoms. The zero-order valence-electron chi connectivity index (χ0n) is 11.6.